The third kappa shape index (κ3) is 3.84. The second-order valence-corrected chi connectivity index (χ2v) is 6.75. The fraction of sp³-hybridized carbons (Fsp3) is 0.200. The van der Waals surface area contributed by atoms with E-state index >= 15 is 0 Å². The number of hydrogen-bond donors (Lipinski definition) is 0. The number of ether oxygens (including phenoxy) is 1. The zero-order valence-electron chi connectivity index (χ0n) is 11.4. The average Bonchev–Trinajstić information content (AvgIpc) is 2.77. The molecule has 0 bridgehead atoms. The van der Waals surface area contributed by atoms with Crippen LogP contribution >= 0.6 is 34.5 Å². The van der Waals surface area contributed by atoms with Gasteiger partial charge in [0.1, 0.15) is 0 Å². The average molecular weight is 343 g/mol. The van der Waals surface area contributed by atoms with Gasteiger partial charge in [0.15, 0.2) is 6.61 Å². The van der Waals surface area contributed by atoms with Crippen LogP contribution in [-0.4, -0.2) is 18.4 Å². The fourth-order valence-corrected chi connectivity index (χ4v) is 3.16. The molecule has 21 heavy (non-hydrogen) atoms. The Morgan fingerprint density at radius 2 is 1.86 bits per heavy atom. The molecular formula is C15H12Cl2O3S. The number of benzene rings is 1. The molecule has 0 aliphatic rings. The van der Waals surface area contributed by atoms with E-state index in [1.807, 2.05) is 13.8 Å². The summed E-state index contributed by atoms with van der Waals surface area (Å²) in [6.07, 6.45) is 0. The molecule has 0 atom stereocenters. The molecule has 0 aliphatic heterocycles. The van der Waals surface area contributed by atoms with Crippen molar-refractivity contribution in [2.45, 2.75) is 13.8 Å². The molecule has 0 aliphatic carbocycles. The van der Waals surface area contributed by atoms with Crippen LogP contribution in [0.15, 0.2) is 24.3 Å². The number of carbonyl (C=O) groups excluding carboxylic acids is 2. The number of esters is 1. The molecule has 0 N–H and O–H groups in total. The quantitative estimate of drug-likeness (QED) is 0.596. The van der Waals surface area contributed by atoms with Crippen molar-refractivity contribution in [3.8, 4) is 0 Å². The Hall–Kier alpha value is -1.36. The molecule has 0 spiro atoms. The summed E-state index contributed by atoms with van der Waals surface area (Å²) in [6.45, 7) is 3.46. The van der Waals surface area contributed by atoms with Crippen LogP contribution in [0.2, 0.25) is 10.0 Å². The normalized spacial score (nSPS) is 10.5. The second-order valence-electron chi connectivity index (χ2n) is 4.45. The van der Waals surface area contributed by atoms with Crippen molar-refractivity contribution in [3.05, 3.63) is 55.2 Å². The maximum Gasteiger partial charge on any atom is 0.340 e. The van der Waals surface area contributed by atoms with Gasteiger partial charge >= 0.3 is 5.97 Å². The summed E-state index contributed by atoms with van der Waals surface area (Å²) in [7, 11) is 0. The minimum atomic E-state index is -0.666. The number of thiophene rings is 1. The molecule has 0 amide bonds. The van der Waals surface area contributed by atoms with E-state index in [4.69, 9.17) is 27.9 Å². The number of aryl methyl sites for hydroxylation is 2. The van der Waals surface area contributed by atoms with Crippen molar-refractivity contribution in [1.29, 1.82) is 0 Å². The van der Waals surface area contributed by atoms with Gasteiger partial charge in [0.25, 0.3) is 0 Å². The fourth-order valence-electron chi connectivity index (χ4n) is 1.85. The van der Waals surface area contributed by atoms with E-state index in [0.29, 0.717) is 10.6 Å². The van der Waals surface area contributed by atoms with Crippen LogP contribution in [0.1, 0.15) is 30.5 Å². The largest absolute Gasteiger partial charge is 0.454 e. The zero-order valence-corrected chi connectivity index (χ0v) is 13.7. The Balaban J connectivity index is 2.06. The van der Waals surface area contributed by atoms with Crippen molar-refractivity contribution in [1.82, 2.24) is 0 Å². The molecule has 0 saturated heterocycles. The molecule has 0 radical (unpaired) electrons. The first-order chi connectivity index (χ1) is 9.88. The molecular weight excluding hydrogens is 331 g/mol. The highest BCUT2D eigenvalue weighted by Crippen LogP contribution is 2.23. The van der Waals surface area contributed by atoms with Crippen LogP contribution < -0.4 is 0 Å². The standard InChI is InChI=1S/C15H12Cl2O3S/c1-8-5-11(9(2)21-8)14(18)7-20-15(19)12-6-10(16)3-4-13(12)17/h3-6H,7H2,1-2H3. The number of hydrogen-bond acceptors (Lipinski definition) is 4. The lowest BCUT2D eigenvalue weighted by atomic mass is 10.2. The van der Waals surface area contributed by atoms with Gasteiger partial charge in [0.05, 0.1) is 10.6 Å². The SMILES string of the molecule is Cc1cc(C(=O)COC(=O)c2cc(Cl)ccc2Cl)c(C)s1. The Kier molecular flexibility index (Phi) is 5.04. The van der Waals surface area contributed by atoms with Gasteiger partial charge < -0.3 is 4.74 Å². The summed E-state index contributed by atoms with van der Waals surface area (Å²) >= 11 is 13.3. The maximum atomic E-state index is 12.0. The molecule has 6 heteroatoms. The molecule has 1 aromatic heterocycles. The minimum absolute atomic E-state index is 0.148. The van der Waals surface area contributed by atoms with Gasteiger partial charge in [0.2, 0.25) is 5.78 Å². The smallest absolute Gasteiger partial charge is 0.340 e. The lowest BCUT2D eigenvalue weighted by molar-refractivity contribution is 0.0475. The third-order valence-corrected chi connectivity index (χ3v) is 4.35. The van der Waals surface area contributed by atoms with Gasteiger partial charge in [-0.3, -0.25) is 4.79 Å². The number of carbonyl (C=O) groups is 2. The van der Waals surface area contributed by atoms with Gasteiger partial charge in [-0.05, 0) is 38.1 Å². The number of rotatable bonds is 4. The van der Waals surface area contributed by atoms with Crippen molar-refractivity contribution >= 4 is 46.3 Å². The number of ketones is 1. The second kappa shape index (κ2) is 6.60. The highest BCUT2D eigenvalue weighted by Gasteiger charge is 2.17. The highest BCUT2D eigenvalue weighted by atomic mass is 35.5. The summed E-state index contributed by atoms with van der Waals surface area (Å²) in [5.41, 5.74) is 0.734. The summed E-state index contributed by atoms with van der Waals surface area (Å²) < 4.78 is 5.02. The molecule has 2 rings (SSSR count). The predicted molar refractivity (Wildman–Crippen MR) is 84.9 cm³/mol. The molecule has 2 aromatic rings. The van der Waals surface area contributed by atoms with Crippen molar-refractivity contribution < 1.29 is 14.3 Å². The lowest BCUT2D eigenvalue weighted by Crippen LogP contribution is -2.14. The monoisotopic (exact) mass is 342 g/mol. The van der Waals surface area contributed by atoms with E-state index in [1.165, 1.54) is 23.5 Å². The minimum Gasteiger partial charge on any atom is -0.454 e. The predicted octanol–water partition coefficient (Wildman–Crippen LogP) is 4.71. The number of Topliss-reactive ketones (excluding diaryl/α,β-unsaturated/α-hetero) is 1. The Bertz CT molecular complexity index is 707. The van der Waals surface area contributed by atoms with Crippen LogP contribution in [0.4, 0.5) is 0 Å². The number of halogens is 2. The van der Waals surface area contributed by atoms with Gasteiger partial charge in [-0.2, -0.15) is 0 Å². The molecule has 0 saturated carbocycles. The first-order valence-corrected chi connectivity index (χ1v) is 7.68. The Labute approximate surface area is 136 Å². The molecule has 0 fully saturated rings. The highest BCUT2D eigenvalue weighted by molar-refractivity contribution is 7.12. The van der Waals surface area contributed by atoms with E-state index in [1.54, 1.807) is 12.1 Å². The summed E-state index contributed by atoms with van der Waals surface area (Å²) in [5, 5.41) is 0.612. The van der Waals surface area contributed by atoms with Crippen molar-refractivity contribution in [2.24, 2.45) is 0 Å². The van der Waals surface area contributed by atoms with E-state index in [-0.39, 0.29) is 23.0 Å². The van der Waals surface area contributed by atoms with E-state index < -0.39 is 5.97 Å². The van der Waals surface area contributed by atoms with E-state index in [2.05, 4.69) is 0 Å². The van der Waals surface area contributed by atoms with Crippen LogP contribution in [0, 0.1) is 13.8 Å². The van der Waals surface area contributed by atoms with Crippen LogP contribution in [0.25, 0.3) is 0 Å². The first kappa shape index (κ1) is 16.0. The van der Waals surface area contributed by atoms with Crippen molar-refractivity contribution in [2.75, 3.05) is 6.61 Å². The first-order valence-electron chi connectivity index (χ1n) is 6.11. The molecule has 3 nitrogen and oxygen atoms in total. The van der Waals surface area contributed by atoms with E-state index in [0.717, 1.165) is 9.75 Å². The lowest BCUT2D eigenvalue weighted by Gasteiger charge is -2.06. The van der Waals surface area contributed by atoms with Gasteiger partial charge in [-0.25, -0.2) is 4.79 Å². The van der Waals surface area contributed by atoms with Crippen LogP contribution in [0.3, 0.4) is 0 Å². The zero-order chi connectivity index (χ0) is 15.6. The van der Waals surface area contributed by atoms with Crippen molar-refractivity contribution in [3.63, 3.8) is 0 Å². The summed E-state index contributed by atoms with van der Waals surface area (Å²) in [5.74, 6) is -0.899. The Morgan fingerprint density at radius 1 is 1.14 bits per heavy atom. The van der Waals surface area contributed by atoms with E-state index in [9.17, 15) is 9.59 Å². The molecule has 110 valence electrons. The topological polar surface area (TPSA) is 43.4 Å². The summed E-state index contributed by atoms with van der Waals surface area (Å²) in [4.78, 5) is 25.9. The maximum absolute atomic E-state index is 12.0. The molecule has 1 aromatic carbocycles. The molecule has 1 heterocycles. The Morgan fingerprint density at radius 3 is 2.48 bits per heavy atom. The van der Waals surface area contributed by atoms with Crippen LogP contribution in [0.5, 0.6) is 0 Å². The van der Waals surface area contributed by atoms with Gasteiger partial charge in [0, 0.05) is 20.3 Å². The molecule has 0 unspecified atom stereocenters. The van der Waals surface area contributed by atoms with Gasteiger partial charge in [-0.1, -0.05) is 23.2 Å². The van der Waals surface area contributed by atoms with Crippen LogP contribution in [-0.2, 0) is 4.74 Å². The van der Waals surface area contributed by atoms with Gasteiger partial charge in [-0.15, -0.1) is 11.3 Å². The third-order valence-electron chi connectivity index (χ3n) is 2.82. The summed E-state index contributed by atoms with van der Waals surface area (Å²) in [6, 6.07) is 6.29.